The molecule has 2 aliphatic carbocycles. The van der Waals surface area contributed by atoms with Crippen LogP contribution in [-0.2, 0) is 19.1 Å². The fourth-order valence-corrected chi connectivity index (χ4v) is 4.32. The van der Waals surface area contributed by atoms with Crippen molar-refractivity contribution in [2.45, 2.75) is 84.0 Å². The number of esters is 2. The van der Waals surface area contributed by atoms with Crippen molar-refractivity contribution < 1.29 is 33.3 Å². The molecule has 34 heavy (non-hydrogen) atoms. The Morgan fingerprint density at radius 2 is 1.82 bits per heavy atom. The average molecular weight is 477 g/mol. The van der Waals surface area contributed by atoms with Gasteiger partial charge in [-0.3, -0.25) is 9.59 Å². The Kier molecular flexibility index (Phi) is 9.27. The predicted molar refractivity (Wildman–Crippen MR) is 124 cm³/mol. The predicted octanol–water partition coefficient (Wildman–Crippen LogP) is 3.44. The molecule has 1 amide bonds. The summed E-state index contributed by atoms with van der Waals surface area (Å²) in [5.41, 5.74) is -0.157. The van der Waals surface area contributed by atoms with E-state index in [1.165, 1.54) is 58.4 Å². The van der Waals surface area contributed by atoms with E-state index in [1.807, 2.05) is 6.92 Å². The lowest BCUT2D eigenvalue weighted by atomic mass is 9.83. The topological polar surface area (TPSA) is 113 Å². The second-order valence-corrected chi connectivity index (χ2v) is 9.26. The lowest BCUT2D eigenvalue weighted by Gasteiger charge is -2.34. The van der Waals surface area contributed by atoms with E-state index in [0.717, 1.165) is 12.8 Å². The molecule has 1 heterocycles. The molecule has 1 N–H and O–H groups in total. The van der Waals surface area contributed by atoms with Crippen LogP contribution in [0, 0.1) is 11.8 Å². The molecule has 3 atom stereocenters. The van der Waals surface area contributed by atoms with Crippen molar-refractivity contribution >= 4 is 17.8 Å². The van der Waals surface area contributed by atoms with Gasteiger partial charge < -0.3 is 24.3 Å². The maximum atomic E-state index is 12.8. The Balaban J connectivity index is 1.62. The number of carbonyl (C=O) groups is 3. The minimum absolute atomic E-state index is 0.102. The van der Waals surface area contributed by atoms with E-state index < -0.39 is 30.0 Å². The molecule has 2 fully saturated rings. The number of hydrogen-bond acceptors (Lipinski definition) is 8. The molecule has 2 aliphatic rings. The van der Waals surface area contributed by atoms with Crippen LogP contribution in [0.1, 0.15) is 76.2 Å². The largest absolute Gasteiger partial charge is 0.493 e. The molecule has 9 nitrogen and oxygen atoms in total. The van der Waals surface area contributed by atoms with E-state index in [4.69, 9.17) is 18.9 Å². The number of ether oxygens (including phenoxy) is 4. The second-order valence-electron chi connectivity index (χ2n) is 9.26. The van der Waals surface area contributed by atoms with E-state index >= 15 is 0 Å². The molecule has 2 saturated carbocycles. The molecule has 9 heteroatoms. The third-order valence-corrected chi connectivity index (χ3v) is 6.35. The van der Waals surface area contributed by atoms with Gasteiger partial charge in [0, 0.05) is 25.8 Å². The van der Waals surface area contributed by atoms with Crippen LogP contribution in [0.5, 0.6) is 11.5 Å². The number of pyridine rings is 1. The Labute approximate surface area is 200 Å². The third-order valence-electron chi connectivity index (χ3n) is 6.35. The van der Waals surface area contributed by atoms with Gasteiger partial charge in [-0.1, -0.05) is 19.3 Å². The summed E-state index contributed by atoms with van der Waals surface area (Å²) in [4.78, 5) is 41.1. The maximum absolute atomic E-state index is 12.8. The van der Waals surface area contributed by atoms with E-state index in [-0.39, 0.29) is 23.3 Å². The van der Waals surface area contributed by atoms with Gasteiger partial charge in [0.05, 0.1) is 13.2 Å². The Hall–Kier alpha value is -2.68. The lowest BCUT2D eigenvalue weighted by molar-refractivity contribution is -0.162. The first kappa shape index (κ1) is 25.9. The zero-order valence-electron chi connectivity index (χ0n) is 20.5. The number of rotatable bonds is 11. The first-order valence-electron chi connectivity index (χ1n) is 12.1. The molecule has 1 aromatic heterocycles. The normalized spacial score (nSPS) is 18.9. The number of carbonyl (C=O) groups excluding carboxylic acids is 3. The van der Waals surface area contributed by atoms with Crippen LogP contribution in [0.3, 0.4) is 0 Å². The number of nitrogens with zero attached hydrogens (tertiary/aromatic N) is 1. The summed E-state index contributed by atoms with van der Waals surface area (Å²) in [5, 5.41) is 2.58. The highest BCUT2D eigenvalue weighted by Crippen LogP contribution is 2.34. The fourth-order valence-electron chi connectivity index (χ4n) is 4.32. The molecule has 0 radical (unpaired) electrons. The van der Waals surface area contributed by atoms with Gasteiger partial charge in [0.15, 0.2) is 11.4 Å². The van der Waals surface area contributed by atoms with Crippen molar-refractivity contribution in [3.8, 4) is 11.5 Å². The van der Waals surface area contributed by atoms with Gasteiger partial charge in [0.2, 0.25) is 5.75 Å². The molecule has 188 valence electrons. The van der Waals surface area contributed by atoms with Crippen LogP contribution < -0.4 is 14.8 Å². The Morgan fingerprint density at radius 3 is 2.44 bits per heavy atom. The molecule has 0 aliphatic heterocycles. The fraction of sp³-hybridized carbons (Fsp3) is 0.680. The Bertz CT molecular complexity index is 865. The summed E-state index contributed by atoms with van der Waals surface area (Å²) in [5.74, 6) is -0.796. The molecule has 0 spiro atoms. The summed E-state index contributed by atoms with van der Waals surface area (Å²) >= 11 is 0. The molecular weight excluding hydrogens is 440 g/mol. The van der Waals surface area contributed by atoms with Crippen molar-refractivity contribution in [2.75, 3.05) is 13.7 Å². The number of methoxy groups -OCH3 is 1. The van der Waals surface area contributed by atoms with Crippen molar-refractivity contribution in [3.05, 3.63) is 18.0 Å². The molecule has 0 saturated heterocycles. The van der Waals surface area contributed by atoms with Crippen molar-refractivity contribution in [2.24, 2.45) is 11.8 Å². The Morgan fingerprint density at radius 1 is 1.12 bits per heavy atom. The first-order valence-corrected chi connectivity index (χ1v) is 12.1. The van der Waals surface area contributed by atoms with E-state index in [0.29, 0.717) is 18.4 Å². The van der Waals surface area contributed by atoms with Gasteiger partial charge in [-0.2, -0.15) is 0 Å². The summed E-state index contributed by atoms with van der Waals surface area (Å²) in [6, 6.07) is 0.533. The number of amides is 1. The SMILES string of the molecule is COc1ccnc(C(=O)N[C@@H](C)C(=O)O[C@@H](C)[C@H](OCC2CC2)C2CCCCC2)c1OC(C)=O. The number of nitrogens with one attached hydrogen (secondary N) is 1. The lowest BCUT2D eigenvalue weighted by Crippen LogP contribution is -2.44. The second kappa shape index (κ2) is 12.1. The molecular formula is C25H36N2O7. The summed E-state index contributed by atoms with van der Waals surface area (Å²) < 4.78 is 22.3. The smallest absolute Gasteiger partial charge is 0.328 e. The van der Waals surface area contributed by atoms with Crippen molar-refractivity contribution in [1.82, 2.24) is 10.3 Å². The maximum Gasteiger partial charge on any atom is 0.328 e. The van der Waals surface area contributed by atoms with E-state index in [2.05, 4.69) is 10.3 Å². The van der Waals surface area contributed by atoms with Crippen LogP contribution in [0.2, 0.25) is 0 Å². The average Bonchev–Trinajstić information content (AvgIpc) is 3.64. The molecule has 0 unspecified atom stereocenters. The standard InChI is InChI=1S/C25H36N2O7/c1-15(27-24(29)21-23(34-17(3)28)20(31-4)12-13-26-21)25(30)33-16(2)22(32-14-18-10-11-18)19-8-6-5-7-9-19/h12-13,15-16,18-19,22H,5-11,14H2,1-4H3,(H,27,29)/t15-,16-,22-/m0/s1. The third kappa shape index (κ3) is 7.16. The van der Waals surface area contributed by atoms with Gasteiger partial charge in [0.1, 0.15) is 12.1 Å². The molecule has 0 aromatic carbocycles. The highest BCUT2D eigenvalue weighted by atomic mass is 16.6. The monoisotopic (exact) mass is 476 g/mol. The van der Waals surface area contributed by atoms with Gasteiger partial charge in [-0.15, -0.1) is 0 Å². The van der Waals surface area contributed by atoms with Crippen LogP contribution in [-0.4, -0.2) is 54.8 Å². The van der Waals surface area contributed by atoms with Gasteiger partial charge in [0.25, 0.3) is 5.91 Å². The minimum atomic E-state index is -0.941. The quantitative estimate of drug-likeness (QED) is 0.483. The van der Waals surface area contributed by atoms with Crippen LogP contribution >= 0.6 is 0 Å². The molecule has 0 bridgehead atoms. The zero-order valence-corrected chi connectivity index (χ0v) is 20.5. The highest BCUT2D eigenvalue weighted by Gasteiger charge is 2.34. The van der Waals surface area contributed by atoms with Gasteiger partial charge >= 0.3 is 11.9 Å². The molecule has 1 aromatic rings. The van der Waals surface area contributed by atoms with Crippen LogP contribution in [0.4, 0.5) is 0 Å². The summed E-state index contributed by atoms with van der Waals surface area (Å²) in [6.07, 6.45) is 8.88. The minimum Gasteiger partial charge on any atom is -0.493 e. The van der Waals surface area contributed by atoms with Crippen molar-refractivity contribution in [1.29, 1.82) is 0 Å². The number of hydrogen-bond donors (Lipinski definition) is 1. The van der Waals surface area contributed by atoms with Crippen LogP contribution in [0.25, 0.3) is 0 Å². The highest BCUT2D eigenvalue weighted by molar-refractivity contribution is 5.98. The van der Waals surface area contributed by atoms with Crippen LogP contribution in [0.15, 0.2) is 12.3 Å². The summed E-state index contributed by atoms with van der Waals surface area (Å²) in [7, 11) is 1.39. The number of aromatic nitrogens is 1. The first-order chi connectivity index (χ1) is 16.3. The van der Waals surface area contributed by atoms with Gasteiger partial charge in [-0.25, -0.2) is 9.78 Å². The van der Waals surface area contributed by atoms with Gasteiger partial charge in [-0.05, 0) is 51.4 Å². The van der Waals surface area contributed by atoms with E-state index in [9.17, 15) is 14.4 Å². The van der Waals surface area contributed by atoms with E-state index in [1.54, 1.807) is 6.92 Å². The summed E-state index contributed by atoms with van der Waals surface area (Å²) in [6.45, 7) is 5.32. The zero-order chi connectivity index (χ0) is 24.7. The molecule has 3 rings (SSSR count). The van der Waals surface area contributed by atoms with Crippen molar-refractivity contribution in [3.63, 3.8) is 0 Å².